The van der Waals surface area contributed by atoms with E-state index in [0.717, 1.165) is 4.90 Å². The van der Waals surface area contributed by atoms with Gasteiger partial charge in [0.05, 0.1) is 6.54 Å². The number of likely N-dealkylation sites (tertiary alicyclic amines) is 1. The molecule has 1 saturated heterocycles. The van der Waals surface area contributed by atoms with Gasteiger partial charge in [-0.25, -0.2) is 9.59 Å². The molecular weight excluding hydrogens is 272 g/mol. The number of aliphatic hydroxyl groups is 1. The molecule has 112 valence electrons. The van der Waals surface area contributed by atoms with E-state index in [1.165, 1.54) is 0 Å². The van der Waals surface area contributed by atoms with Gasteiger partial charge in [-0.1, -0.05) is 0 Å². The van der Waals surface area contributed by atoms with E-state index in [1.54, 1.807) is 0 Å². The lowest BCUT2D eigenvalue weighted by Crippen LogP contribution is -2.53. The molecule has 0 aromatic carbocycles. The summed E-state index contributed by atoms with van der Waals surface area (Å²) >= 11 is 0. The molecule has 9 nitrogen and oxygen atoms in total. The van der Waals surface area contributed by atoms with E-state index in [2.05, 4.69) is 0 Å². The normalized spacial score (nSPS) is 20.1. The number of aliphatic hydroxyl groups excluding tert-OH is 1. The summed E-state index contributed by atoms with van der Waals surface area (Å²) in [5, 5.41) is 28.4. The summed E-state index contributed by atoms with van der Waals surface area (Å²) in [4.78, 5) is 45.7. The number of carbonyl (C=O) groups excluding carboxylic acids is 2. The molecule has 0 aliphatic carbocycles. The van der Waals surface area contributed by atoms with Gasteiger partial charge in [0, 0.05) is 6.54 Å². The molecule has 4 N–H and O–H groups in total. The van der Waals surface area contributed by atoms with E-state index >= 15 is 0 Å². The lowest BCUT2D eigenvalue weighted by molar-refractivity contribution is -0.156. The van der Waals surface area contributed by atoms with Crippen LogP contribution in [-0.4, -0.2) is 69.2 Å². The van der Waals surface area contributed by atoms with Gasteiger partial charge in [0.15, 0.2) is 6.10 Å². The van der Waals surface area contributed by atoms with Gasteiger partial charge >= 0.3 is 23.8 Å². The summed E-state index contributed by atoms with van der Waals surface area (Å²) in [5.74, 6) is -4.87. The molecule has 1 rings (SSSR count). The van der Waals surface area contributed by atoms with Crippen molar-refractivity contribution in [3.05, 3.63) is 0 Å². The molecule has 1 aliphatic rings. The number of piperidine rings is 1. The molecule has 2 amide bonds. The highest BCUT2D eigenvalue weighted by Gasteiger charge is 2.35. The molecule has 2 atom stereocenters. The molecule has 20 heavy (non-hydrogen) atoms. The van der Waals surface area contributed by atoms with E-state index in [0.29, 0.717) is 12.8 Å². The minimum absolute atomic E-state index is 0.157. The van der Waals surface area contributed by atoms with Crippen molar-refractivity contribution in [2.75, 3.05) is 13.1 Å². The smallest absolute Gasteiger partial charge is 0.334 e. The van der Waals surface area contributed by atoms with Gasteiger partial charge in [-0.3, -0.25) is 9.59 Å². The molecule has 0 aromatic rings. The average molecular weight is 288 g/mol. The third kappa shape index (κ3) is 3.92. The van der Waals surface area contributed by atoms with Crippen molar-refractivity contribution in [1.29, 1.82) is 0 Å². The summed E-state index contributed by atoms with van der Waals surface area (Å²) in [7, 11) is 0. The highest BCUT2D eigenvalue weighted by atomic mass is 16.4. The fraction of sp³-hybridized carbons (Fsp3) is 0.636. The minimum atomic E-state index is -1.82. The first kappa shape index (κ1) is 15.9. The predicted molar refractivity (Wildman–Crippen MR) is 63.6 cm³/mol. The number of aliphatic carboxylic acids is 2. The van der Waals surface area contributed by atoms with Crippen LogP contribution in [0.3, 0.4) is 0 Å². The third-order valence-electron chi connectivity index (χ3n) is 2.98. The molecule has 0 saturated carbocycles. The molecule has 0 bridgehead atoms. The zero-order valence-corrected chi connectivity index (χ0v) is 10.6. The van der Waals surface area contributed by atoms with Crippen LogP contribution in [0, 0.1) is 0 Å². The van der Waals surface area contributed by atoms with Crippen molar-refractivity contribution in [1.82, 2.24) is 10.2 Å². The Labute approximate surface area is 114 Å². The molecule has 1 fully saturated rings. The number of amides is 2. The Bertz CT molecular complexity index is 423. The van der Waals surface area contributed by atoms with E-state index in [-0.39, 0.29) is 13.0 Å². The topological polar surface area (TPSA) is 144 Å². The van der Waals surface area contributed by atoms with Crippen molar-refractivity contribution < 1.29 is 34.5 Å². The highest BCUT2D eigenvalue weighted by Crippen LogP contribution is 2.17. The van der Waals surface area contributed by atoms with Crippen LogP contribution in [0.1, 0.15) is 19.3 Å². The Morgan fingerprint density at radius 2 is 1.85 bits per heavy atom. The van der Waals surface area contributed by atoms with Crippen molar-refractivity contribution in [2.24, 2.45) is 0 Å². The maximum absolute atomic E-state index is 11.8. The predicted octanol–water partition coefficient (Wildman–Crippen LogP) is -1.99. The molecule has 9 heteroatoms. The number of hydrogen-bond acceptors (Lipinski definition) is 5. The van der Waals surface area contributed by atoms with Gasteiger partial charge in [0.1, 0.15) is 6.04 Å². The Kier molecular flexibility index (Phi) is 5.44. The van der Waals surface area contributed by atoms with E-state index in [9.17, 15) is 19.2 Å². The van der Waals surface area contributed by atoms with Crippen LogP contribution >= 0.6 is 0 Å². The number of carboxylic acids is 2. The van der Waals surface area contributed by atoms with Crippen LogP contribution in [0.25, 0.3) is 0 Å². The summed E-state index contributed by atoms with van der Waals surface area (Å²) < 4.78 is 0. The summed E-state index contributed by atoms with van der Waals surface area (Å²) in [6.45, 7) is -0.462. The third-order valence-corrected chi connectivity index (χ3v) is 2.98. The average Bonchev–Trinajstić information content (AvgIpc) is 2.43. The van der Waals surface area contributed by atoms with Crippen molar-refractivity contribution in [3.8, 4) is 0 Å². The first-order chi connectivity index (χ1) is 9.34. The minimum Gasteiger partial charge on any atom is -0.480 e. The zero-order valence-electron chi connectivity index (χ0n) is 10.6. The Hall–Kier alpha value is -2.16. The number of carbonyl (C=O) groups is 4. The molecule has 1 aliphatic heterocycles. The van der Waals surface area contributed by atoms with Crippen LogP contribution in [0.5, 0.6) is 0 Å². The van der Waals surface area contributed by atoms with Crippen molar-refractivity contribution in [2.45, 2.75) is 31.4 Å². The number of nitrogens with one attached hydrogen (secondary N) is 1. The van der Waals surface area contributed by atoms with Crippen LogP contribution in [-0.2, 0) is 19.2 Å². The Morgan fingerprint density at radius 3 is 2.40 bits per heavy atom. The second-order valence-electron chi connectivity index (χ2n) is 4.41. The molecule has 0 aromatic heterocycles. The zero-order chi connectivity index (χ0) is 15.3. The Morgan fingerprint density at radius 1 is 1.20 bits per heavy atom. The maximum atomic E-state index is 11.8. The van der Waals surface area contributed by atoms with E-state index < -0.39 is 42.4 Å². The fourth-order valence-corrected chi connectivity index (χ4v) is 1.91. The van der Waals surface area contributed by atoms with Crippen LogP contribution in [0.15, 0.2) is 0 Å². The first-order valence-corrected chi connectivity index (χ1v) is 6.07. The number of carboxylic acid groups (broad SMARTS) is 2. The van der Waals surface area contributed by atoms with Crippen LogP contribution in [0.2, 0.25) is 0 Å². The van der Waals surface area contributed by atoms with E-state index in [4.69, 9.17) is 15.3 Å². The molecule has 0 spiro atoms. The van der Waals surface area contributed by atoms with Gasteiger partial charge < -0.3 is 25.5 Å². The van der Waals surface area contributed by atoms with Crippen LogP contribution in [0.4, 0.5) is 0 Å². The van der Waals surface area contributed by atoms with Gasteiger partial charge in [-0.05, 0) is 19.3 Å². The first-order valence-electron chi connectivity index (χ1n) is 6.07. The lowest BCUT2D eigenvalue weighted by atomic mass is 10.0. The largest absolute Gasteiger partial charge is 0.480 e. The van der Waals surface area contributed by atoms with Crippen LogP contribution < -0.4 is 5.32 Å². The van der Waals surface area contributed by atoms with Gasteiger partial charge in [0.25, 0.3) is 0 Å². The second-order valence-corrected chi connectivity index (χ2v) is 4.41. The fourth-order valence-electron chi connectivity index (χ4n) is 1.91. The highest BCUT2D eigenvalue weighted by molar-refractivity contribution is 6.35. The van der Waals surface area contributed by atoms with Gasteiger partial charge in [-0.2, -0.15) is 0 Å². The number of rotatable bonds is 4. The standard InChI is InChI=1S/C11H16N2O7/c14-7(11(19)20)5-12-8(15)9(16)13-4-2-1-3-6(13)10(17)18/h6-7,14H,1-5H2,(H,12,15)(H,17,18)(H,19,20)/t6-,7-/m0/s1. The summed E-state index contributed by atoms with van der Waals surface area (Å²) in [5.41, 5.74) is 0. The van der Waals surface area contributed by atoms with Gasteiger partial charge in [0.2, 0.25) is 0 Å². The van der Waals surface area contributed by atoms with Gasteiger partial charge in [-0.15, -0.1) is 0 Å². The second kappa shape index (κ2) is 6.85. The van der Waals surface area contributed by atoms with Crippen molar-refractivity contribution in [3.63, 3.8) is 0 Å². The summed E-state index contributed by atoms with van der Waals surface area (Å²) in [6, 6.07) is -1.05. The lowest BCUT2D eigenvalue weighted by Gasteiger charge is -2.32. The molecular formula is C11H16N2O7. The molecule has 0 radical (unpaired) electrons. The Balaban J connectivity index is 2.60. The maximum Gasteiger partial charge on any atom is 0.334 e. The monoisotopic (exact) mass is 288 g/mol. The quantitative estimate of drug-likeness (QED) is 0.438. The molecule has 0 unspecified atom stereocenters. The summed E-state index contributed by atoms with van der Waals surface area (Å²) in [6.07, 6.45) is -0.296. The van der Waals surface area contributed by atoms with E-state index in [1.807, 2.05) is 5.32 Å². The number of nitrogens with zero attached hydrogens (tertiary/aromatic N) is 1. The van der Waals surface area contributed by atoms with Crippen molar-refractivity contribution >= 4 is 23.8 Å². The SMILES string of the molecule is O=C(NC[C@H](O)C(=O)O)C(=O)N1CCCC[C@H]1C(=O)O. The molecule has 1 heterocycles. The number of hydrogen-bond donors (Lipinski definition) is 4.